The summed E-state index contributed by atoms with van der Waals surface area (Å²) in [6, 6.07) is 84.0. The molecule has 0 amide bonds. The Morgan fingerprint density at radius 2 is 0.569 bits per heavy atom. The summed E-state index contributed by atoms with van der Waals surface area (Å²) in [5, 5.41) is 0. The van der Waals surface area contributed by atoms with Gasteiger partial charge < -0.3 is 71.1 Å². The number of rotatable bonds is 31. The number of carbonyl (C=O) groups excluding carboxylic acids is 7. The van der Waals surface area contributed by atoms with Gasteiger partial charge in [-0.05, 0) is 102 Å². The Labute approximate surface area is 677 Å². The fourth-order valence-electron chi connectivity index (χ4n) is 13.3. The van der Waals surface area contributed by atoms with Crippen LogP contribution in [0, 0.1) is 0 Å². The molecule has 10 aromatic rings. The van der Waals surface area contributed by atoms with E-state index in [-0.39, 0.29) is 58.8 Å². The van der Waals surface area contributed by atoms with Gasteiger partial charge >= 0.3 is 41.8 Å². The molecule has 14 rings (SSSR count). The van der Waals surface area contributed by atoms with Gasteiger partial charge in [0.2, 0.25) is 0 Å². The van der Waals surface area contributed by atoms with Crippen molar-refractivity contribution in [2.45, 2.75) is 111 Å². The lowest BCUT2D eigenvalue weighted by molar-refractivity contribution is -0.333. The van der Waals surface area contributed by atoms with Gasteiger partial charge in [0.25, 0.3) is 0 Å². The summed E-state index contributed by atoms with van der Waals surface area (Å²) in [7, 11) is 0. The van der Waals surface area contributed by atoms with Crippen molar-refractivity contribution in [1.82, 2.24) is 0 Å². The third-order valence-corrected chi connectivity index (χ3v) is 21.5. The van der Waals surface area contributed by atoms with Crippen LogP contribution in [-0.2, 0) is 90.9 Å². The zero-order valence-corrected chi connectivity index (χ0v) is 64.1. The number of benzene rings is 10. The molecule has 15 atom stereocenters. The largest absolute Gasteiger partial charge is 0.459 e. The number of aliphatic imine (C=N–C) groups is 1. The van der Waals surface area contributed by atoms with Gasteiger partial charge in [-0.1, -0.05) is 242 Å². The zero-order chi connectivity index (χ0) is 79.8. The molecule has 0 saturated carbocycles. The van der Waals surface area contributed by atoms with E-state index in [0.29, 0.717) is 6.54 Å². The van der Waals surface area contributed by atoms with Crippen molar-refractivity contribution in [3.05, 3.63) is 359 Å². The summed E-state index contributed by atoms with van der Waals surface area (Å²) in [4.78, 5) is 109. The Hall–Kier alpha value is -11.5. The van der Waals surface area contributed by atoms with E-state index in [4.69, 9.17) is 76.0 Å². The third-order valence-electron chi connectivity index (χ3n) is 19.2. The van der Waals surface area contributed by atoms with Crippen LogP contribution in [0.15, 0.2) is 308 Å². The molecule has 25 heteroatoms. The highest BCUT2D eigenvalue weighted by Gasteiger charge is 2.58. The first-order chi connectivity index (χ1) is 56.9. The Kier molecular flexibility index (Phi) is 28.5. The number of esters is 7. The van der Waals surface area contributed by atoms with Crippen LogP contribution in [0.25, 0.3) is 0 Å². The molecular weight excluding hydrogens is 1520 g/mol. The van der Waals surface area contributed by atoms with Gasteiger partial charge in [-0.25, -0.2) is 33.6 Å². The molecule has 0 aliphatic carbocycles. The standard InChI is InChI=1S/C91H81NO22S2/c93-81(62-37-17-4-18-38-62)103-56-70-73(109-82(94)63-39-19-5-20-40-63)76(111-84(96)65-43-23-7-24-44-65)78(113-86(98)67-47-27-9-28-48-67)89(106-70)105-58-71-74(110-83(95)64-41-21-6-22-42-64)77(112-85(97)66-45-25-8-26-46-66)79(114-87(99)68-49-29-10-30-50-68)88(107-71)104-57-69-72(100-53-59-31-11-1-12-32-59)75(101-54-60-33-13-2-14-34-60)80(102-55-61-35-15-3-16-36-61)90(108-69)116-91-92-51-52-115-91/h1-50,69-80,88-90H,51-58H2/t69-,70-,71-,72-,73-,74-,75+,76+,77+,78-,79-,80-,88-,89-,90+/m1/s1. The molecule has 0 radical (unpaired) electrons. The molecule has 594 valence electrons. The number of hydrogen-bond acceptors (Lipinski definition) is 25. The van der Waals surface area contributed by atoms with Crippen LogP contribution in [0.5, 0.6) is 0 Å². The first kappa shape index (κ1) is 81.1. The minimum absolute atomic E-state index is 0.00819. The van der Waals surface area contributed by atoms with E-state index in [1.165, 1.54) is 96.7 Å². The summed E-state index contributed by atoms with van der Waals surface area (Å²) >= 11 is 2.92. The summed E-state index contributed by atoms with van der Waals surface area (Å²) in [6.07, 6.45) is -22.7. The second kappa shape index (κ2) is 40.7. The predicted molar refractivity (Wildman–Crippen MR) is 426 cm³/mol. The van der Waals surface area contributed by atoms with Gasteiger partial charge in [-0.2, -0.15) is 0 Å². The second-order valence-corrected chi connectivity index (χ2v) is 29.5. The van der Waals surface area contributed by atoms with Crippen LogP contribution in [0.4, 0.5) is 0 Å². The number of nitrogens with zero attached hydrogens (tertiary/aromatic N) is 1. The highest BCUT2D eigenvalue weighted by Crippen LogP contribution is 2.41. The first-order valence-corrected chi connectivity index (χ1v) is 39.6. The van der Waals surface area contributed by atoms with Crippen molar-refractivity contribution >= 4 is 69.7 Å². The predicted octanol–water partition coefficient (Wildman–Crippen LogP) is 14.0. The van der Waals surface area contributed by atoms with E-state index >= 15 is 14.4 Å². The normalized spacial score (nSPS) is 23.6. The average molecular weight is 1600 g/mol. The van der Waals surface area contributed by atoms with Crippen molar-refractivity contribution in [3.63, 3.8) is 0 Å². The minimum Gasteiger partial charge on any atom is -0.459 e. The molecule has 0 bridgehead atoms. The van der Waals surface area contributed by atoms with Crippen LogP contribution in [0.3, 0.4) is 0 Å². The second-order valence-electron chi connectivity index (χ2n) is 27.1. The van der Waals surface area contributed by atoms with Crippen LogP contribution >= 0.6 is 23.5 Å². The first-order valence-electron chi connectivity index (χ1n) is 37.7. The summed E-state index contributed by atoms with van der Waals surface area (Å²) in [5.74, 6) is -5.98. The van der Waals surface area contributed by atoms with Crippen molar-refractivity contribution in [2.75, 3.05) is 32.1 Å². The van der Waals surface area contributed by atoms with Crippen LogP contribution < -0.4 is 0 Å². The van der Waals surface area contributed by atoms with Crippen molar-refractivity contribution < 1.29 is 105 Å². The lowest BCUT2D eigenvalue weighted by Crippen LogP contribution is -2.65. The molecule has 4 aliphatic rings. The van der Waals surface area contributed by atoms with Gasteiger partial charge in [-0.3, -0.25) is 4.99 Å². The maximum atomic E-state index is 15.2. The zero-order valence-electron chi connectivity index (χ0n) is 62.4. The monoisotopic (exact) mass is 1600 g/mol. The minimum atomic E-state index is -1.99. The van der Waals surface area contributed by atoms with Crippen LogP contribution in [0.1, 0.15) is 89.2 Å². The number of ether oxygens (including phenoxy) is 15. The van der Waals surface area contributed by atoms with Crippen LogP contribution in [0.2, 0.25) is 0 Å². The number of thioether (sulfide) groups is 2. The quantitative estimate of drug-likeness (QED) is 0.0288. The lowest BCUT2D eigenvalue weighted by atomic mass is 9.96. The summed E-state index contributed by atoms with van der Waals surface area (Å²) in [5.41, 5.74) is 1.94. The highest BCUT2D eigenvalue weighted by atomic mass is 32.2. The molecule has 4 aliphatic heterocycles. The van der Waals surface area contributed by atoms with Crippen molar-refractivity contribution in [1.29, 1.82) is 0 Å². The third kappa shape index (κ3) is 21.5. The molecule has 0 N–H and O–H groups in total. The summed E-state index contributed by atoms with van der Waals surface area (Å²) < 4.78 is 102. The van der Waals surface area contributed by atoms with Gasteiger partial charge in [0.1, 0.15) is 53.0 Å². The Balaban J connectivity index is 0.892. The Morgan fingerprint density at radius 3 is 0.897 bits per heavy atom. The molecule has 116 heavy (non-hydrogen) atoms. The lowest BCUT2D eigenvalue weighted by Gasteiger charge is -2.48. The van der Waals surface area contributed by atoms with E-state index in [1.807, 2.05) is 91.0 Å². The average Bonchev–Trinajstić information content (AvgIpc) is 0.782. The topological polar surface area (TPSA) is 270 Å². The fourth-order valence-corrected chi connectivity index (χ4v) is 15.6. The molecular formula is C91H81NO22S2. The van der Waals surface area contributed by atoms with E-state index in [1.54, 1.807) is 139 Å². The fraction of sp³-hybridized carbons (Fsp3) is 0.253. The molecule has 10 aromatic carbocycles. The van der Waals surface area contributed by atoms with E-state index < -0.39 is 153 Å². The number of carbonyl (C=O) groups is 7. The smallest absolute Gasteiger partial charge is 0.338 e. The maximum absolute atomic E-state index is 15.2. The molecule has 0 aromatic heterocycles. The SMILES string of the molecule is O=C(OC[C@H]1O[C@@H](OC[C@H]2O[C@@H](OC[C@H]3O[C@@H](SC4=NCCS4)[C@H](OCc4ccccc4)[C@@H](OCc4ccccc4)[C@@H]3OCc3ccccc3)[C@H](OC(=O)c3ccccc3)[C@@H](OC(=O)c3ccccc3)[C@@H]2OC(=O)c2ccccc2)[C@H](OC(=O)c2ccccc2)[C@@H](OC(=O)c2ccccc2)[C@@H]1OC(=O)c1ccccc1)c1ccccc1. The molecule has 23 nitrogen and oxygen atoms in total. The Bertz CT molecular complexity index is 4870. The molecule has 3 saturated heterocycles. The van der Waals surface area contributed by atoms with Gasteiger partial charge in [0.15, 0.2) is 49.2 Å². The molecule has 0 spiro atoms. The molecule has 0 unspecified atom stereocenters. The highest BCUT2D eigenvalue weighted by molar-refractivity contribution is 8.39. The van der Waals surface area contributed by atoms with Crippen LogP contribution in [-0.4, -0.2) is 170 Å². The van der Waals surface area contributed by atoms with E-state index in [0.717, 1.165) is 26.8 Å². The molecule has 3 fully saturated rings. The van der Waals surface area contributed by atoms with E-state index in [9.17, 15) is 19.2 Å². The van der Waals surface area contributed by atoms with Crippen molar-refractivity contribution in [2.24, 2.45) is 4.99 Å². The van der Waals surface area contributed by atoms with Gasteiger partial charge in [0.05, 0.1) is 78.5 Å². The van der Waals surface area contributed by atoms with Gasteiger partial charge in [0, 0.05) is 5.75 Å². The van der Waals surface area contributed by atoms with E-state index in [2.05, 4.69) is 0 Å². The Morgan fingerprint density at radius 1 is 0.293 bits per heavy atom. The maximum Gasteiger partial charge on any atom is 0.338 e. The molecule has 4 heterocycles. The van der Waals surface area contributed by atoms with Gasteiger partial charge in [-0.15, -0.1) is 0 Å². The number of hydrogen-bond donors (Lipinski definition) is 0. The van der Waals surface area contributed by atoms with Crippen molar-refractivity contribution in [3.8, 4) is 0 Å². The summed E-state index contributed by atoms with van der Waals surface area (Å²) in [6.45, 7) is -1.23.